The molecular weight excluding hydrogens is 208 g/mol. The van der Waals surface area contributed by atoms with E-state index in [-0.39, 0.29) is 0 Å². The SMILES string of the molecule is CN(C)c1ccccc1-n1cn[nH]c1=S. The highest BCUT2D eigenvalue weighted by molar-refractivity contribution is 7.71. The lowest BCUT2D eigenvalue weighted by Crippen LogP contribution is -2.11. The second kappa shape index (κ2) is 3.86. The Morgan fingerprint density at radius 1 is 1.33 bits per heavy atom. The quantitative estimate of drug-likeness (QED) is 0.786. The molecule has 1 aromatic carbocycles. The molecule has 0 aliphatic rings. The number of hydrogen-bond acceptors (Lipinski definition) is 3. The van der Waals surface area contributed by atoms with Crippen LogP contribution in [0, 0.1) is 4.77 Å². The molecule has 1 aromatic heterocycles. The number of benzene rings is 1. The normalized spacial score (nSPS) is 10.3. The average molecular weight is 220 g/mol. The summed E-state index contributed by atoms with van der Waals surface area (Å²) < 4.78 is 2.45. The summed E-state index contributed by atoms with van der Waals surface area (Å²) in [6.07, 6.45) is 1.69. The third-order valence-corrected chi connectivity index (χ3v) is 2.46. The molecule has 0 aliphatic heterocycles. The van der Waals surface area contributed by atoms with Gasteiger partial charge >= 0.3 is 0 Å². The summed E-state index contributed by atoms with van der Waals surface area (Å²) in [6, 6.07) is 8.05. The first-order valence-corrected chi connectivity index (χ1v) is 4.99. The molecule has 5 heteroatoms. The summed E-state index contributed by atoms with van der Waals surface area (Å²) in [6.45, 7) is 0. The zero-order valence-electron chi connectivity index (χ0n) is 8.64. The minimum absolute atomic E-state index is 0.601. The molecular formula is C10H12N4S. The largest absolute Gasteiger partial charge is 0.376 e. The summed E-state index contributed by atoms with van der Waals surface area (Å²) in [5.41, 5.74) is 2.14. The Balaban J connectivity index is 2.63. The van der Waals surface area contributed by atoms with E-state index in [9.17, 15) is 0 Å². The van der Waals surface area contributed by atoms with Gasteiger partial charge in [0.05, 0.1) is 11.4 Å². The van der Waals surface area contributed by atoms with Crippen LogP contribution in [-0.4, -0.2) is 28.9 Å². The molecule has 0 spiro atoms. The number of hydrogen-bond donors (Lipinski definition) is 1. The van der Waals surface area contributed by atoms with Gasteiger partial charge in [-0.05, 0) is 24.4 Å². The molecule has 0 atom stereocenters. The zero-order valence-corrected chi connectivity index (χ0v) is 9.45. The molecule has 0 unspecified atom stereocenters. The first-order chi connectivity index (χ1) is 7.20. The van der Waals surface area contributed by atoms with Gasteiger partial charge in [-0.25, -0.2) is 0 Å². The Kier molecular flexibility index (Phi) is 2.55. The summed E-state index contributed by atoms with van der Waals surface area (Å²) in [7, 11) is 4.01. The number of para-hydroxylation sites is 2. The molecule has 2 aromatic rings. The van der Waals surface area contributed by atoms with Crippen molar-refractivity contribution in [3.63, 3.8) is 0 Å². The van der Waals surface area contributed by atoms with Crippen molar-refractivity contribution in [1.82, 2.24) is 14.8 Å². The summed E-state index contributed by atoms with van der Waals surface area (Å²) in [4.78, 5) is 2.05. The molecule has 2 rings (SSSR count). The molecule has 0 radical (unpaired) electrons. The molecule has 0 saturated carbocycles. The van der Waals surface area contributed by atoms with Crippen LogP contribution in [0.5, 0.6) is 0 Å². The number of H-pyrrole nitrogens is 1. The lowest BCUT2D eigenvalue weighted by atomic mass is 10.2. The number of nitrogens with one attached hydrogen (secondary N) is 1. The van der Waals surface area contributed by atoms with Crippen LogP contribution in [0.15, 0.2) is 30.6 Å². The van der Waals surface area contributed by atoms with E-state index in [0.29, 0.717) is 4.77 Å². The molecule has 4 nitrogen and oxygen atoms in total. The number of rotatable bonds is 2. The van der Waals surface area contributed by atoms with Gasteiger partial charge in [-0.3, -0.25) is 9.67 Å². The van der Waals surface area contributed by atoms with Crippen LogP contribution in [0.3, 0.4) is 0 Å². The van der Waals surface area contributed by atoms with E-state index in [1.165, 1.54) is 0 Å². The van der Waals surface area contributed by atoms with Gasteiger partial charge in [0.15, 0.2) is 4.77 Å². The van der Waals surface area contributed by atoms with Crippen molar-refractivity contribution in [2.45, 2.75) is 0 Å². The van der Waals surface area contributed by atoms with Crippen molar-refractivity contribution < 1.29 is 0 Å². The van der Waals surface area contributed by atoms with Gasteiger partial charge in [0.1, 0.15) is 6.33 Å². The van der Waals surface area contributed by atoms with E-state index in [1.807, 2.05) is 47.8 Å². The smallest absolute Gasteiger partial charge is 0.199 e. The molecule has 0 aliphatic carbocycles. The van der Waals surface area contributed by atoms with E-state index in [1.54, 1.807) is 6.33 Å². The van der Waals surface area contributed by atoms with Crippen LogP contribution in [0.4, 0.5) is 5.69 Å². The zero-order chi connectivity index (χ0) is 10.8. The van der Waals surface area contributed by atoms with E-state index in [0.717, 1.165) is 11.4 Å². The van der Waals surface area contributed by atoms with Crippen LogP contribution >= 0.6 is 12.2 Å². The molecule has 0 bridgehead atoms. The third kappa shape index (κ3) is 1.78. The maximum Gasteiger partial charge on any atom is 0.199 e. The fourth-order valence-electron chi connectivity index (χ4n) is 1.47. The molecule has 0 amide bonds. The number of nitrogens with zero attached hydrogens (tertiary/aromatic N) is 3. The molecule has 78 valence electrons. The predicted molar refractivity (Wildman–Crippen MR) is 63.1 cm³/mol. The van der Waals surface area contributed by atoms with Gasteiger partial charge in [-0.15, -0.1) is 0 Å². The van der Waals surface area contributed by atoms with Crippen molar-refractivity contribution in [2.75, 3.05) is 19.0 Å². The Bertz CT molecular complexity index is 512. The summed E-state index contributed by atoms with van der Waals surface area (Å²) in [5, 5.41) is 6.66. The maximum absolute atomic E-state index is 5.14. The lowest BCUT2D eigenvalue weighted by Gasteiger charge is -2.17. The summed E-state index contributed by atoms with van der Waals surface area (Å²) >= 11 is 5.14. The van der Waals surface area contributed by atoms with Crippen LogP contribution in [-0.2, 0) is 0 Å². The topological polar surface area (TPSA) is 36.9 Å². The minimum atomic E-state index is 0.601. The molecule has 15 heavy (non-hydrogen) atoms. The highest BCUT2D eigenvalue weighted by Gasteiger charge is 2.06. The highest BCUT2D eigenvalue weighted by atomic mass is 32.1. The van der Waals surface area contributed by atoms with Crippen molar-refractivity contribution in [3.05, 3.63) is 35.4 Å². The minimum Gasteiger partial charge on any atom is -0.376 e. The number of aromatic amines is 1. The first kappa shape index (κ1) is 9.92. The predicted octanol–water partition coefficient (Wildman–Crippen LogP) is 2.00. The maximum atomic E-state index is 5.14. The van der Waals surface area contributed by atoms with Crippen molar-refractivity contribution >= 4 is 17.9 Å². The van der Waals surface area contributed by atoms with Crippen LogP contribution in [0.25, 0.3) is 5.69 Å². The Morgan fingerprint density at radius 2 is 2.07 bits per heavy atom. The Labute approximate surface area is 93.2 Å². The van der Waals surface area contributed by atoms with Gasteiger partial charge in [0, 0.05) is 14.1 Å². The van der Waals surface area contributed by atoms with E-state index in [2.05, 4.69) is 10.2 Å². The monoisotopic (exact) mass is 220 g/mol. The Hall–Kier alpha value is -1.62. The van der Waals surface area contributed by atoms with Crippen molar-refractivity contribution in [2.24, 2.45) is 0 Å². The van der Waals surface area contributed by atoms with Gasteiger partial charge < -0.3 is 4.90 Å². The second-order valence-electron chi connectivity index (χ2n) is 3.41. The van der Waals surface area contributed by atoms with Crippen molar-refractivity contribution in [3.8, 4) is 5.69 Å². The van der Waals surface area contributed by atoms with E-state index < -0.39 is 0 Å². The number of aromatic nitrogens is 3. The lowest BCUT2D eigenvalue weighted by molar-refractivity contribution is 1.01. The first-order valence-electron chi connectivity index (χ1n) is 4.59. The van der Waals surface area contributed by atoms with Gasteiger partial charge in [0.2, 0.25) is 0 Å². The van der Waals surface area contributed by atoms with E-state index in [4.69, 9.17) is 12.2 Å². The van der Waals surface area contributed by atoms with E-state index >= 15 is 0 Å². The van der Waals surface area contributed by atoms with Crippen LogP contribution < -0.4 is 4.90 Å². The average Bonchev–Trinajstić information content (AvgIpc) is 2.64. The third-order valence-electron chi connectivity index (χ3n) is 2.18. The van der Waals surface area contributed by atoms with Crippen molar-refractivity contribution in [1.29, 1.82) is 0 Å². The van der Waals surface area contributed by atoms with Gasteiger partial charge in [-0.1, -0.05) is 12.1 Å². The molecule has 0 saturated heterocycles. The number of anilines is 1. The van der Waals surface area contributed by atoms with Gasteiger partial charge in [-0.2, -0.15) is 5.10 Å². The second-order valence-corrected chi connectivity index (χ2v) is 3.80. The summed E-state index contributed by atoms with van der Waals surface area (Å²) in [5.74, 6) is 0. The highest BCUT2D eigenvalue weighted by Crippen LogP contribution is 2.21. The van der Waals surface area contributed by atoms with Gasteiger partial charge in [0.25, 0.3) is 0 Å². The fourth-order valence-corrected chi connectivity index (χ4v) is 1.66. The molecule has 1 N–H and O–H groups in total. The molecule has 1 heterocycles. The standard InChI is InChI=1S/C10H12N4S/c1-13(2)8-5-3-4-6-9(8)14-7-11-12-10(14)15/h3-7H,1-2H3,(H,12,15). The van der Waals surface area contributed by atoms with Crippen LogP contribution in [0.2, 0.25) is 0 Å². The molecule has 0 fully saturated rings. The van der Waals surface area contributed by atoms with Crippen LogP contribution in [0.1, 0.15) is 0 Å². The fraction of sp³-hybridized carbons (Fsp3) is 0.200. The Morgan fingerprint density at radius 3 is 2.67 bits per heavy atom.